The summed E-state index contributed by atoms with van der Waals surface area (Å²) in [5.74, 6) is -2.70. The molecule has 2 aromatic carbocycles. The smallest absolute Gasteiger partial charge is 0.404 e. The maximum atomic E-state index is 12.7. The molecular formula is C28H33F3N6O5S. The van der Waals surface area contributed by atoms with Crippen molar-refractivity contribution < 1.29 is 36.6 Å². The van der Waals surface area contributed by atoms with Crippen LogP contribution in [0.4, 0.5) is 18.9 Å². The minimum Gasteiger partial charge on any atom is -0.477 e. The third kappa shape index (κ3) is 8.06. The number of carboxylic acid groups (broad SMARTS) is 1. The summed E-state index contributed by atoms with van der Waals surface area (Å²) < 4.78 is 64.4. The Labute approximate surface area is 246 Å². The Hall–Kier alpha value is -4.08. The van der Waals surface area contributed by atoms with Gasteiger partial charge in [-0.1, -0.05) is 18.2 Å². The Kier molecular flexibility index (Phi) is 9.37. The molecule has 2 unspecified atom stereocenters. The van der Waals surface area contributed by atoms with E-state index >= 15 is 0 Å². The largest absolute Gasteiger partial charge is 0.477 e. The van der Waals surface area contributed by atoms with Crippen LogP contribution in [0, 0.1) is 0 Å². The molecule has 0 saturated carbocycles. The lowest BCUT2D eigenvalue weighted by Crippen LogP contribution is -2.44. The fraction of sp³-hybridized carbons (Fsp3) is 0.357. The molecule has 15 heteroatoms. The second-order valence-electron chi connectivity index (χ2n) is 10.4. The zero-order valence-electron chi connectivity index (χ0n) is 23.5. The van der Waals surface area contributed by atoms with Crippen molar-refractivity contribution in [1.29, 1.82) is 0 Å². The molecule has 0 saturated heterocycles. The first-order valence-corrected chi connectivity index (χ1v) is 14.9. The van der Waals surface area contributed by atoms with Gasteiger partial charge in [-0.15, -0.1) is 0 Å². The minimum absolute atomic E-state index is 0.00735. The summed E-state index contributed by atoms with van der Waals surface area (Å²) in [6, 6.07) is 13.0. The number of fused-ring (bicyclic) bond motifs is 1. The van der Waals surface area contributed by atoms with Crippen molar-refractivity contribution in [3.8, 4) is 0 Å². The SMILES string of the molecule is CC(Cc1ccc2c(c1)cc(C(=O)O)n2Cc1ccc(N(C)S(=O)(=O)CC(F)(F)F)cc1)NCC(O)N1C=CC(N)=NC1. The van der Waals surface area contributed by atoms with E-state index in [4.69, 9.17) is 5.73 Å². The summed E-state index contributed by atoms with van der Waals surface area (Å²) in [6.45, 7) is 2.68. The van der Waals surface area contributed by atoms with Crippen molar-refractivity contribution >= 4 is 38.4 Å². The number of sulfonamides is 1. The number of nitrogens with two attached hydrogens (primary N) is 1. The number of halogens is 3. The molecule has 1 aromatic heterocycles. The van der Waals surface area contributed by atoms with E-state index in [1.54, 1.807) is 39.9 Å². The molecule has 0 radical (unpaired) electrons. The molecule has 0 fully saturated rings. The van der Waals surface area contributed by atoms with Crippen molar-refractivity contribution in [2.24, 2.45) is 10.7 Å². The van der Waals surface area contributed by atoms with Gasteiger partial charge in [0.1, 0.15) is 24.4 Å². The van der Waals surface area contributed by atoms with E-state index < -0.39 is 34.1 Å². The third-order valence-electron chi connectivity index (χ3n) is 7.02. The first-order valence-electron chi connectivity index (χ1n) is 13.3. The molecule has 0 amide bonds. The van der Waals surface area contributed by atoms with Gasteiger partial charge < -0.3 is 30.7 Å². The van der Waals surface area contributed by atoms with Crippen LogP contribution in [0.5, 0.6) is 0 Å². The fourth-order valence-electron chi connectivity index (χ4n) is 4.73. The van der Waals surface area contributed by atoms with Crippen molar-refractivity contribution in [2.75, 3.05) is 30.3 Å². The standard InChI is InChI=1S/C28H33F3N6O5S/c1-18(33-14-26(38)36-10-9-25(32)34-17-36)11-20-5-8-23-21(12-20)13-24(27(39)40)37(23)15-19-3-6-22(7-4-19)35(2)43(41,42)16-28(29,30)31/h3-10,12-13,18,26,33,38H,11,14-17H2,1-2H3,(H2,32,34)(H,39,40). The molecular weight excluding hydrogens is 589 g/mol. The van der Waals surface area contributed by atoms with E-state index in [-0.39, 0.29) is 30.6 Å². The van der Waals surface area contributed by atoms with Crippen LogP contribution in [0.25, 0.3) is 10.9 Å². The number of nitrogens with one attached hydrogen (secondary N) is 1. The highest BCUT2D eigenvalue weighted by atomic mass is 32.2. The molecule has 2 heterocycles. The number of hydrogen-bond donors (Lipinski definition) is 4. The summed E-state index contributed by atoms with van der Waals surface area (Å²) >= 11 is 0. The number of hydrogen-bond acceptors (Lipinski definition) is 8. The van der Waals surface area contributed by atoms with Crippen LogP contribution in [-0.2, 0) is 23.0 Å². The Morgan fingerprint density at radius 1 is 1.16 bits per heavy atom. The first kappa shape index (κ1) is 31.8. The van der Waals surface area contributed by atoms with Gasteiger partial charge in [-0.05, 0) is 60.9 Å². The number of amidine groups is 1. The van der Waals surface area contributed by atoms with Gasteiger partial charge in [-0.25, -0.2) is 18.2 Å². The number of aliphatic hydroxyl groups excluding tert-OH is 1. The first-order chi connectivity index (χ1) is 20.1. The number of aromatic carboxylic acids is 1. The van der Waals surface area contributed by atoms with E-state index in [0.717, 1.165) is 12.6 Å². The van der Waals surface area contributed by atoms with Crippen LogP contribution in [0.15, 0.2) is 65.8 Å². The Morgan fingerprint density at radius 2 is 1.84 bits per heavy atom. The number of aromatic nitrogens is 1. The van der Waals surface area contributed by atoms with Crippen LogP contribution in [0.1, 0.15) is 28.5 Å². The summed E-state index contributed by atoms with van der Waals surface area (Å²) in [4.78, 5) is 17.8. The van der Waals surface area contributed by atoms with Gasteiger partial charge in [0, 0.05) is 43.3 Å². The van der Waals surface area contributed by atoms with Gasteiger partial charge in [0.15, 0.2) is 5.75 Å². The van der Waals surface area contributed by atoms with Crippen molar-refractivity contribution in [3.63, 3.8) is 0 Å². The number of aliphatic imine (C=N–C) groups is 1. The van der Waals surface area contributed by atoms with E-state index in [0.29, 0.717) is 39.6 Å². The predicted octanol–water partition coefficient (Wildman–Crippen LogP) is 2.70. The highest BCUT2D eigenvalue weighted by Gasteiger charge is 2.37. The molecule has 5 N–H and O–H groups in total. The van der Waals surface area contributed by atoms with Crippen LogP contribution in [0.2, 0.25) is 0 Å². The van der Waals surface area contributed by atoms with E-state index in [1.807, 2.05) is 25.1 Å². The molecule has 4 rings (SSSR count). The van der Waals surface area contributed by atoms with Gasteiger partial charge >= 0.3 is 12.1 Å². The average molecular weight is 623 g/mol. The predicted molar refractivity (Wildman–Crippen MR) is 157 cm³/mol. The second-order valence-corrected chi connectivity index (χ2v) is 12.4. The van der Waals surface area contributed by atoms with Crippen LogP contribution >= 0.6 is 0 Å². The lowest BCUT2D eigenvalue weighted by molar-refractivity contribution is -0.106. The van der Waals surface area contributed by atoms with Gasteiger partial charge in [0.2, 0.25) is 10.0 Å². The van der Waals surface area contributed by atoms with Crippen LogP contribution < -0.4 is 15.4 Å². The number of aliphatic hydroxyl groups is 1. The van der Waals surface area contributed by atoms with Crippen LogP contribution in [-0.4, -0.2) is 84.4 Å². The number of nitrogens with zero attached hydrogens (tertiary/aromatic N) is 4. The topological polar surface area (TPSA) is 153 Å². The molecule has 232 valence electrons. The lowest BCUT2D eigenvalue weighted by Gasteiger charge is -2.28. The Morgan fingerprint density at radius 3 is 2.44 bits per heavy atom. The second kappa shape index (κ2) is 12.7. The van der Waals surface area contributed by atoms with E-state index in [2.05, 4.69) is 10.3 Å². The monoisotopic (exact) mass is 622 g/mol. The molecule has 43 heavy (non-hydrogen) atoms. The van der Waals surface area contributed by atoms with Crippen molar-refractivity contribution in [3.05, 3.63) is 77.6 Å². The van der Waals surface area contributed by atoms with Gasteiger partial charge in [-0.2, -0.15) is 13.2 Å². The zero-order valence-corrected chi connectivity index (χ0v) is 24.3. The summed E-state index contributed by atoms with van der Waals surface area (Å²) in [7, 11) is -3.57. The van der Waals surface area contributed by atoms with Crippen molar-refractivity contribution in [2.45, 2.75) is 38.3 Å². The maximum absolute atomic E-state index is 12.7. The maximum Gasteiger partial charge on any atom is 0.404 e. The van der Waals surface area contributed by atoms with Crippen LogP contribution in [0.3, 0.4) is 0 Å². The van der Waals surface area contributed by atoms with Gasteiger partial charge in [0.05, 0.1) is 5.69 Å². The highest BCUT2D eigenvalue weighted by Crippen LogP contribution is 2.26. The molecule has 1 aliphatic heterocycles. The van der Waals surface area contributed by atoms with Gasteiger partial charge in [-0.3, -0.25) is 4.31 Å². The molecule has 3 aromatic rings. The zero-order chi connectivity index (χ0) is 31.5. The number of carbonyl (C=O) groups is 1. The number of anilines is 1. The van der Waals surface area contributed by atoms with E-state index in [1.165, 1.54) is 12.1 Å². The summed E-state index contributed by atoms with van der Waals surface area (Å²) in [5.41, 5.74) is 7.96. The van der Waals surface area contributed by atoms with Crippen molar-refractivity contribution in [1.82, 2.24) is 14.8 Å². The number of carboxylic acids is 1. The lowest BCUT2D eigenvalue weighted by atomic mass is 10.1. The third-order valence-corrected chi connectivity index (χ3v) is 8.75. The molecule has 0 spiro atoms. The Balaban J connectivity index is 1.45. The fourth-order valence-corrected chi connectivity index (χ4v) is 5.78. The summed E-state index contributed by atoms with van der Waals surface area (Å²) in [5, 5.41) is 24.3. The quantitative estimate of drug-likeness (QED) is 0.241. The molecule has 0 bridgehead atoms. The minimum atomic E-state index is -4.87. The number of alkyl halides is 3. The summed E-state index contributed by atoms with van der Waals surface area (Å²) in [6.07, 6.45) is -1.74. The normalized spacial score (nSPS) is 15.4. The molecule has 11 nitrogen and oxygen atoms in total. The average Bonchev–Trinajstić information content (AvgIpc) is 3.28. The highest BCUT2D eigenvalue weighted by molar-refractivity contribution is 7.92. The number of rotatable bonds is 12. The van der Waals surface area contributed by atoms with Gasteiger partial charge in [0.25, 0.3) is 0 Å². The number of benzene rings is 2. The molecule has 1 aliphatic rings. The Bertz CT molecular complexity index is 1640. The molecule has 2 atom stereocenters. The molecule has 0 aliphatic carbocycles. The van der Waals surface area contributed by atoms with E-state index in [9.17, 15) is 36.6 Å².